The summed E-state index contributed by atoms with van der Waals surface area (Å²) in [5.41, 5.74) is 1.86. The molecule has 0 saturated heterocycles. The van der Waals surface area contributed by atoms with E-state index in [1.54, 1.807) is 16.0 Å². The average Bonchev–Trinajstić information content (AvgIpc) is 3.33. The molecule has 1 saturated carbocycles. The Hall–Kier alpha value is -3.16. The molecule has 1 aliphatic carbocycles. The van der Waals surface area contributed by atoms with Gasteiger partial charge in [0.2, 0.25) is 18.3 Å². The monoisotopic (exact) mass is 450 g/mol. The van der Waals surface area contributed by atoms with Gasteiger partial charge in [-0.25, -0.2) is 4.98 Å². The number of aromatic nitrogens is 2. The molecule has 1 aromatic heterocycles. The van der Waals surface area contributed by atoms with Crippen LogP contribution < -0.4 is 20.0 Å². The van der Waals surface area contributed by atoms with Crippen molar-refractivity contribution in [3.63, 3.8) is 0 Å². The summed E-state index contributed by atoms with van der Waals surface area (Å²) in [7, 11) is 1.81. The lowest BCUT2D eigenvalue weighted by atomic mass is 9.91. The molecule has 0 unspecified atom stereocenters. The van der Waals surface area contributed by atoms with Crippen molar-refractivity contribution in [3.05, 3.63) is 30.5 Å². The van der Waals surface area contributed by atoms with Crippen molar-refractivity contribution in [1.29, 1.82) is 0 Å². The molecule has 0 spiro atoms. The zero-order valence-electron chi connectivity index (χ0n) is 20.0. The normalized spacial score (nSPS) is 18.1. The molecule has 33 heavy (non-hydrogen) atoms. The average molecular weight is 451 g/mol. The second kappa shape index (κ2) is 9.37. The van der Waals surface area contributed by atoms with Gasteiger partial charge in [-0.1, -0.05) is 25.8 Å². The molecule has 0 atom stereocenters. The van der Waals surface area contributed by atoms with E-state index in [-0.39, 0.29) is 5.91 Å². The standard InChI is InChI=1S/C25H34N6O2/c1-5-13-30(17-32)20-12-8-9-18(14-20)27-24-26-15-21-22(28-24)31(19-10-6-7-11-19)16-25(2,3)23(33)29(21)4/h8-9,12,14-15,17,19H,5-7,10-11,13,16H2,1-4H3,(H,26,27,28). The molecule has 2 amide bonds. The summed E-state index contributed by atoms with van der Waals surface area (Å²) in [5.74, 6) is 1.35. The lowest BCUT2D eigenvalue weighted by molar-refractivity contribution is -0.125. The second-order valence-corrected chi connectivity index (χ2v) is 9.69. The van der Waals surface area contributed by atoms with Crippen LogP contribution in [0.1, 0.15) is 52.9 Å². The molecule has 2 aliphatic rings. The van der Waals surface area contributed by atoms with E-state index in [0.29, 0.717) is 25.1 Å². The molecule has 8 nitrogen and oxygen atoms in total. The Morgan fingerprint density at radius 2 is 2.03 bits per heavy atom. The van der Waals surface area contributed by atoms with Crippen molar-refractivity contribution in [1.82, 2.24) is 9.97 Å². The van der Waals surface area contributed by atoms with Crippen LogP contribution >= 0.6 is 0 Å². The lowest BCUT2D eigenvalue weighted by Crippen LogP contribution is -2.45. The molecule has 1 fully saturated rings. The highest BCUT2D eigenvalue weighted by Crippen LogP contribution is 2.40. The van der Waals surface area contributed by atoms with Gasteiger partial charge in [0, 0.05) is 37.6 Å². The summed E-state index contributed by atoms with van der Waals surface area (Å²) in [6.45, 7) is 7.35. The number of carbonyl (C=O) groups is 2. The quantitative estimate of drug-likeness (QED) is 0.632. The first kappa shape index (κ1) is 23.0. The summed E-state index contributed by atoms with van der Waals surface area (Å²) < 4.78 is 0. The van der Waals surface area contributed by atoms with Crippen LogP contribution in [0.4, 0.5) is 28.8 Å². The largest absolute Gasteiger partial charge is 0.351 e. The van der Waals surface area contributed by atoms with Crippen LogP contribution in [0, 0.1) is 5.41 Å². The van der Waals surface area contributed by atoms with Crippen LogP contribution in [0.15, 0.2) is 30.5 Å². The fraction of sp³-hybridized carbons (Fsp3) is 0.520. The number of carbonyl (C=O) groups excluding carboxylic acids is 2. The Labute approximate surface area is 196 Å². The number of benzene rings is 1. The fourth-order valence-electron chi connectivity index (χ4n) is 4.90. The van der Waals surface area contributed by atoms with Crippen molar-refractivity contribution in [2.24, 2.45) is 5.41 Å². The Morgan fingerprint density at radius 3 is 2.73 bits per heavy atom. The minimum Gasteiger partial charge on any atom is -0.351 e. The molecule has 1 aromatic carbocycles. The smallest absolute Gasteiger partial charge is 0.234 e. The van der Waals surface area contributed by atoms with Crippen LogP contribution in [0.3, 0.4) is 0 Å². The van der Waals surface area contributed by atoms with E-state index in [1.807, 2.05) is 52.1 Å². The van der Waals surface area contributed by atoms with Crippen molar-refractivity contribution in [2.75, 3.05) is 40.2 Å². The predicted octanol–water partition coefficient (Wildman–Crippen LogP) is 4.34. The van der Waals surface area contributed by atoms with Crippen molar-refractivity contribution < 1.29 is 9.59 Å². The van der Waals surface area contributed by atoms with E-state index in [9.17, 15) is 9.59 Å². The highest BCUT2D eigenvalue weighted by Gasteiger charge is 2.41. The molecule has 0 radical (unpaired) electrons. The lowest BCUT2D eigenvalue weighted by Gasteiger charge is -2.34. The molecule has 4 rings (SSSR count). The van der Waals surface area contributed by atoms with Gasteiger partial charge in [0.1, 0.15) is 5.69 Å². The molecule has 0 bridgehead atoms. The minimum absolute atomic E-state index is 0.0751. The Bertz CT molecular complexity index is 1020. The first-order valence-electron chi connectivity index (χ1n) is 11.8. The molecule has 2 aromatic rings. The van der Waals surface area contributed by atoms with E-state index in [1.165, 1.54) is 12.8 Å². The summed E-state index contributed by atoms with van der Waals surface area (Å²) in [6.07, 6.45) is 8.11. The molecule has 8 heteroatoms. The summed E-state index contributed by atoms with van der Waals surface area (Å²) in [4.78, 5) is 39.8. The van der Waals surface area contributed by atoms with Crippen molar-refractivity contribution >= 4 is 41.1 Å². The fourth-order valence-corrected chi connectivity index (χ4v) is 4.90. The zero-order chi connectivity index (χ0) is 23.6. The summed E-state index contributed by atoms with van der Waals surface area (Å²) in [5, 5.41) is 3.30. The highest BCUT2D eigenvalue weighted by atomic mass is 16.2. The maximum atomic E-state index is 13.1. The number of rotatable bonds is 7. The number of hydrogen-bond acceptors (Lipinski definition) is 6. The van der Waals surface area contributed by atoms with Crippen LogP contribution in [-0.2, 0) is 9.59 Å². The maximum absolute atomic E-state index is 13.1. The Kier molecular flexibility index (Phi) is 6.54. The van der Waals surface area contributed by atoms with E-state index in [2.05, 4.69) is 15.2 Å². The van der Waals surface area contributed by atoms with E-state index in [0.717, 1.165) is 48.6 Å². The predicted molar refractivity (Wildman–Crippen MR) is 132 cm³/mol. The maximum Gasteiger partial charge on any atom is 0.234 e. The van der Waals surface area contributed by atoms with E-state index < -0.39 is 5.41 Å². The number of fused-ring (bicyclic) bond motifs is 1. The van der Waals surface area contributed by atoms with E-state index in [4.69, 9.17) is 4.98 Å². The highest BCUT2D eigenvalue weighted by molar-refractivity contribution is 6.00. The third kappa shape index (κ3) is 4.65. The van der Waals surface area contributed by atoms with Gasteiger partial charge in [-0.3, -0.25) is 9.59 Å². The van der Waals surface area contributed by atoms with Gasteiger partial charge in [0.15, 0.2) is 5.82 Å². The Balaban J connectivity index is 1.68. The summed E-state index contributed by atoms with van der Waals surface area (Å²) in [6, 6.07) is 8.06. The molecular weight excluding hydrogens is 416 g/mol. The van der Waals surface area contributed by atoms with Crippen molar-refractivity contribution in [3.8, 4) is 0 Å². The van der Waals surface area contributed by atoms with Gasteiger partial charge >= 0.3 is 0 Å². The van der Waals surface area contributed by atoms with Gasteiger partial charge in [-0.2, -0.15) is 4.98 Å². The van der Waals surface area contributed by atoms with Crippen LogP contribution in [-0.4, -0.2) is 48.5 Å². The van der Waals surface area contributed by atoms with Crippen LogP contribution in [0.25, 0.3) is 0 Å². The number of nitrogens with one attached hydrogen (secondary N) is 1. The number of amides is 2. The second-order valence-electron chi connectivity index (χ2n) is 9.69. The topological polar surface area (TPSA) is 81.7 Å². The van der Waals surface area contributed by atoms with Gasteiger partial charge in [-0.05, 0) is 51.3 Å². The molecule has 1 N–H and O–H groups in total. The van der Waals surface area contributed by atoms with E-state index >= 15 is 0 Å². The van der Waals surface area contributed by atoms with Gasteiger partial charge in [0.25, 0.3) is 0 Å². The number of anilines is 5. The molecular formula is C25H34N6O2. The van der Waals surface area contributed by atoms with Crippen molar-refractivity contribution in [2.45, 2.75) is 58.9 Å². The molecule has 176 valence electrons. The first-order chi connectivity index (χ1) is 15.8. The molecule has 2 heterocycles. The Morgan fingerprint density at radius 1 is 1.27 bits per heavy atom. The molecule has 1 aliphatic heterocycles. The summed E-state index contributed by atoms with van der Waals surface area (Å²) >= 11 is 0. The van der Waals surface area contributed by atoms with Crippen LogP contribution in [0.5, 0.6) is 0 Å². The van der Waals surface area contributed by atoms with Gasteiger partial charge in [-0.15, -0.1) is 0 Å². The van der Waals surface area contributed by atoms with Gasteiger partial charge in [0.05, 0.1) is 11.6 Å². The zero-order valence-corrected chi connectivity index (χ0v) is 20.0. The first-order valence-corrected chi connectivity index (χ1v) is 11.8. The van der Waals surface area contributed by atoms with Gasteiger partial charge < -0.3 is 20.0 Å². The number of nitrogens with zero attached hydrogens (tertiary/aromatic N) is 5. The number of hydrogen-bond donors (Lipinski definition) is 1. The van der Waals surface area contributed by atoms with Crippen LogP contribution in [0.2, 0.25) is 0 Å². The SMILES string of the molecule is CCCN(C=O)c1cccc(Nc2ncc3c(n2)N(C2CCCC2)CC(C)(C)C(=O)N3C)c1. The third-order valence-corrected chi connectivity index (χ3v) is 6.62. The minimum atomic E-state index is -0.516. The third-order valence-electron chi connectivity index (χ3n) is 6.62.